The van der Waals surface area contributed by atoms with E-state index in [-0.39, 0.29) is 30.3 Å². The Labute approximate surface area is 205 Å². The SMILES string of the molecule is C=C(/C=C\C=C(/C)CNC(=O)c1cc2c(=O)n(CCOc3ccc(F)cc3)c(=O)n(C)c2s1)OC. The molecule has 0 aliphatic carbocycles. The molecule has 1 aromatic carbocycles. The number of aryl methyl sites for hydroxylation is 1. The lowest BCUT2D eigenvalue weighted by atomic mass is 10.2. The van der Waals surface area contributed by atoms with Crippen molar-refractivity contribution < 1.29 is 18.7 Å². The van der Waals surface area contributed by atoms with E-state index >= 15 is 0 Å². The van der Waals surface area contributed by atoms with Gasteiger partial charge in [0.25, 0.3) is 11.5 Å². The number of halogens is 1. The molecule has 0 atom stereocenters. The first-order chi connectivity index (χ1) is 16.7. The topological polar surface area (TPSA) is 91.6 Å². The van der Waals surface area contributed by atoms with Gasteiger partial charge in [-0.25, -0.2) is 9.18 Å². The summed E-state index contributed by atoms with van der Waals surface area (Å²) in [6.07, 6.45) is 5.30. The molecule has 1 amide bonds. The summed E-state index contributed by atoms with van der Waals surface area (Å²) in [6.45, 7) is 5.90. The van der Waals surface area contributed by atoms with Gasteiger partial charge in [-0.1, -0.05) is 24.3 Å². The minimum absolute atomic E-state index is 0.00318. The average Bonchev–Trinajstić information content (AvgIpc) is 3.30. The summed E-state index contributed by atoms with van der Waals surface area (Å²) in [5.41, 5.74) is -0.113. The largest absolute Gasteiger partial charge is 0.497 e. The number of fused-ring (bicyclic) bond motifs is 1. The van der Waals surface area contributed by atoms with Crippen molar-refractivity contribution in [2.45, 2.75) is 13.5 Å². The molecule has 3 aromatic rings. The van der Waals surface area contributed by atoms with Crippen LogP contribution < -0.4 is 21.3 Å². The van der Waals surface area contributed by atoms with Gasteiger partial charge in [-0.2, -0.15) is 0 Å². The Hall–Kier alpha value is -3.92. The van der Waals surface area contributed by atoms with Crippen molar-refractivity contribution in [1.29, 1.82) is 0 Å². The van der Waals surface area contributed by atoms with Crippen LogP contribution in [0.1, 0.15) is 16.6 Å². The number of hydrogen-bond acceptors (Lipinski definition) is 6. The van der Waals surface area contributed by atoms with Gasteiger partial charge in [-0.15, -0.1) is 11.3 Å². The maximum Gasteiger partial charge on any atom is 0.331 e. The summed E-state index contributed by atoms with van der Waals surface area (Å²) in [5.74, 6) is 0.209. The zero-order chi connectivity index (χ0) is 25.5. The first-order valence-electron chi connectivity index (χ1n) is 10.7. The van der Waals surface area contributed by atoms with E-state index in [0.717, 1.165) is 21.5 Å². The summed E-state index contributed by atoms with van der Waals surface area (Å²) in [5, 5.41) is 3.08. The number of ether oxygens (including phenoxy) is 2. The Bertz CT molecular complexity index is 1410. The quantitative estimate of drug-likeness (QED) is 0.341. The molecule has 184 valence electrons. The van der Waals surface area contributed by atoms with Gasteiger partial charge >= 0.3 is 5.69 Å². The molecule has 0 spiro atoms. The van der Waals surface area contributed by atoms with Crippen molar-refractivity contribution in [3.63, 3.8) is 0 Å². The van der Waals surface area contributed by atoms with Gasteiger partial charge in [0.2, 0.25) is 0 Å². The Morgan fingerprint density at radius 1 is 1.26 bits per heavy atom. The van der Waals surface area contributed by atoms with E-state index in [0.29, 0.717) is 27.8 Å². The van der Waals surface area contributed by atoms with Crippen LogP contribution in [0.15, 0.2) is 76.1 Å². The van der Waals surface area contributed by atoms with Crippen LogP contribution in [-0.2, 0) is 18.3 Å². The molecule has 0 radical (unpaired) electrons. The Balaban J connectivity index is 1.73. The second-order valence-electron chi connectivity index (χ2n) is 7.66. The van der Waals surface area contributed by atoms with Crippen molar-refractivity contribution in [2.75, 3.05) is 20.3 Å². The molecule has 0 bridgehead atoms. The number of amides is 1. The lowest BCUT2D eigenvalue weighted by Gasteiger charge is -2.09. The molecule has 0 aliphatic rings. The molecular formula is C25H26FN3O5S. The van der Waals surface area contributed by atoms with Gasteiger partial charge < -0.3 is 14.8 Å². The van der Waals surface area contributed by atoms with Crippen LogP contribution in [0.4, 0.5) is 4.39 Å². The second kappa shape index (κ2) is 11.5. The normalized spacial score (nSPS) is 11.7. The second-order valence-corrected chi connectivity index (χ2v) is 8.69. The third-order valence-corrected chi connectivity index (χ3v) is 6.29. The first kappa shape index (κ1) is 25.7. The molecule has 0 aliphatic heterocycles. The van der Waals surface area contributed by atoms with Crippen LogP contribution in [-0.4, -0.2) is 35.3 Å². The minimum Gasteiger partial charge on any atom is -0.497 e. The number of carbonyl (C=O) groups is 1. The summed E-state index contributed by atoms with van der Waals surface area (Å²) >= 11 is 1.08. The molecule has 0 fully saturated rings. The van der Waals surface area contributed by atoms with E-state index in [4.69, 9.17) is 9.47 Å². The fourth-order valence-electron chi connectivity index (χ4n) is 3.13. The van der Waals surface area contributed by atoms with E-state index in [2.05, 4.69) is 11.9 Å². The average molecular weight is 500 g/mol. The summed E-state index contributed by atoms with van der Waals surface area (Å²) in [7, 11) is 3.08. The number of hydrogen-bond donors (Lipinski definition) is 1. The van der Waals surface area contributed by atoms with Gasteiger partial charge in [-0.05, 0) is 43.3 Å². The molecule has 0 saturated carbocycles. The lowest BCUT2D eigenvalue weighted by Crippen LogP contribution is -2.39. The van der Waals surface area contributed by atoms with Crippen molar-refractivity contribution in [3.05, 3.63) is 98.0 Å². The van der Waals surface area contributed by atoms with Crippen LogP contribution >= 0.6 is 11.3 Å². The zero-order valence-electron chi connectivity index (χ0n) is 19.7. The summed E-state index contributed by atoms with van der Waals surface area (Å²) in [6, 6.07) is 6.95. The van der Waals surface area contributed by atoms with Crippen LogP contribution in [0.3, 0.4) is 0 Å². The van der Waals surface area contributed by atoms with E-state index in [1.807, 2.05) is 13.0 Å². The predicted octanol–water partition coefficient (Wildman–Crippen LogP) is 3.37. The summed E-state index contributed by atoms with van der Waals surface area (Å²) in [4.78, 5) is 39.1. The molecular weight excluding hydrogens is 473 g/mol. The zero-order valence-corrected chi connectivity index (χ0v) is 20.5. The highest BCUT2D eigenvalue weighted by Crippen LogP contribution is 2.21. The van der Waals surface area contributed by atoms with Gasteiger partial charge in [0.1, 0.15) is 28.8 Å². The molecule has 8 nitrogen and oxygen atoms in total. The lowest BCUT2D eigenvalue weighted by molar-refractivity contribution is 0.0961. The number of methoxy groups -OCH3 is 1. The van der Waals surface area contributed by atoms with E-state index in [1.165, 1.54) is 42.0 Å². The van der Waals surface area contributed by atoms with Gasteiger partial charge in [0.05, 0.1) is 23.9 Å². The highest BCUT2D eigenvalue weighted by molar-refractivity contribution is 7.20. The van der Waals surface area contributed by atoms with E-state index < -0.39 is 11.2 Å². The van der Waals surface area contributed by atoms with Crippen molar-refractivity contribution >= 4 is 27.5 Å². The summed E-state index contributed by atoms with van der Waals surface area (Å²) < 4.78 is 25.9. The molecule has 0 unspecified atom stereocenters. The maximum atomic E-state index is 13.0. The number of nitrogens with one attached hydrogen (secondary N) is 1. The minimum atomic E-state index is -0.512. The molecule has 2 aromatic heterocycles. The van der Waals surface area contributed by atoms with Gasteiger partial charge in [-0.3, -0.25) is 18.7 Å². The van der Waals surface area contributed by atoms with Crippen LogP contribution in [0.25, 0.3) is 10.2 Å². The van der Waals surface area contributed by atoms with Crippen LogP contribution in [0.5, 0.6) is 5.75 Å². The standard InChI is InChI=1S/C25H26FN3O5S/c1-16(6-5-7-17(2)33-4)15-27-22(30)21-14-20-23(31)29(25(32)28(3)24(20)35-21)12-13-34-19-10-8-18(26)9-11-19/h5-11,14H,2,12-13,15H2,1,3-4H3,(H,27,30)/b7-5-,16-6+. The smallest absolute Gasteiger partial charge is 0.331 e. The fraction of sp³-hybridized carbons (Fsp3) is 0.240. The van der Waals surface area contributed by atoms with Crippen molar-refractivity contribution in [1.82, 2.24) is 14.5 Å². The molecule has 1 N–H and O–H groups in total. The number of benzene rings is 1. The number of aromatic nitrogens is 2. The van der Waals surface area contributed by atoms with Crippen LogP contribution in [0.2, 0.25) is 0 Å². The molecule has 2 heterocycles. The Kier molecular flexibility index (Phi) is 8.43. The third kappa shape index (κ3) is 6.36. The number of carbonyl (C=O) groups excluding carboxylic acids is 1. The molecule has 10 heteroatoms. The third-order valence-electron chi connectivity index (χ3n) is 5.08. The number of thiophene rings is 1. The predicted molar refractivity (Wildman–Crippen MR) is 135 cm³/mol. The van der Waals surface area contributed by atoms with Crippen molar-refractivity contribution in [3.8, 4) is 5.75 Å². The molecule has 3 rings (SSSR count). The highest BCUT2D eigenvalue weighted by atomic mass is 32.1. The monoisotopic (exact) mass is 499 g/mol. The van der Waals surface area contributed by atoms with Crippen LogP contribution in [0, 0.1) is 5.82 Å². The molecule has 35 heavy (non-hydrogen) atoms. The van der Waals surface area contributed by atoms with Gasteiger partial charge in [0.15, 0.2) is 0 Å². The number of rotatable bonds is 10. The van der Waals surface area contributed by atoms with E-state index in [9.17, 15) is 18.8 Å². The maximum absolute atomic E-state index is 13.0. The number of allylic oxidation sites excluding steroid dienone is 3. The Morgan fingerprint density at radius 3 is 2.66 bits per heavy atom. The van der Waals surface area contributed by atoms with E-state index in [1.54, 1.807) is 19.2 Å². The number of nitrogens with zero attached hydrogens (tertiary/aromatic N) is 2. The first-order valence-corrected chi connectivity index (χ1v) is 11.5. The fourth-order valence-corrected chi connectivity index (χ4v) is 4.15. The van der Waals surface area contributed by atoms with Crippen molar-refractivity contribution in [2.24, 2.45) is 7.05 Å². The molecule has 0 saturated heterocycles. The highest BCUT2D eigenvalue weighted by Gasteiger charge is 2.17. The van der Waals surface area contributed by atoms with Gasteiger partial charge in [0, 0.05) is 13.6 Å². The Morgan fingerprint density at radius 2 is 1.97 bits per heavy atom.